The Balaban J connectivity index is 1.48. The van der Waals surface area contributed by atoms with Gasteiger partial charge in [-0.25, -0.2) is 9.97 Å². The van der Waals surface area contributed by atoms with Crippen LogP contribution in [0, 0.1) is 13.8 Å². The van der Waals surface area contributed by atoms with Crippen LogP contribution in [0.2, 0.25) is 0 Å². The van der Waals surface area contributed by atoms with Crippen LogP contribution >= 0.6 is 27.9 Å². The van der Waals surface area contributed by atoms with Crippen molar-refractivity contribution in [3.8, 4) is 22.8 Å². The fourth-order valence-corrected chi connectivity index (χ4v) is 5.05. The molecule has 4 N–H and O–H groups in total. The molecule has 8 nitrogen and oxygen atoms in total. The highest BCUT2D eigenvalue weighted by atomic mass is 79.9. The van der Waals surface area contributed by atoms with Gasteiger partial charge in [0.25, 0.3) is 0 Å². The molecule has 0 unspecified atom stereocenters. The van der Waals surface area contributed by atoms with Crippen LogP contribution in [0.3, 0.4) is 0 Å². The van der Waals surface area contributed by atoms with E-state index in [0.717, 1.165) is 60.5 Å². The second kappa shape index (κ2) is 11.0. The average molecular weight is 580 g/mol. The summed E-state index contributed by atoms with van der Waals surface area (Å²) < 4.78 is 13.7. The van der Waals surface area contributed by atoms with E-state index in [2.05, 4.69) is 67.8 Å². The Kier molecular flexibility index (Phi) is 7.52. The van der Waals surface area contributed by atoms with E-state index in [4.69, 9.17) is 19.6 Å². The first kappa shape index (κ1) is 25.3. The lowest BCUT2D eigenvalue weighted by Gasteiger charge is -2.11. The first-order chi connectivity index (χ1) is 18.0. The summed E-state index contributed by atoms with van der Waals surface area (Å²) >= 11 is 4.88. The number of halogens is 1. The highest BCUT2D eigenvalue weighted by molar-refractivity contribution is 9.10. The number of hydrogen-bond acceptors (Lipinski definition) is 7. The van der Waals surface area contributed by atoms with E-state index < -0.39 is 0 Å². The third kappa shape index (κ3) is 5.24. The predicted molar refractivity (Wildman–Crippen MR) is 153 cm³/mol. The molecule has 0 bridgehead atoms. The topological polar surface area (TPSA) is 103 Å². The maximum atomic E-state index is 5.79. The largest absolute Gasteiger partial charge is 0.491 e. The SMILES string of the molecule is COCCOc1ccc(Nc2c(Br)cnc3nc(-c4cc(C)n(-c5cccc(SN)c5)c4C)[nH]c23)cc1. The first-order valence-corrected chi connectivity index (χ1v) is 13.3. The smallest absolute Gasteiger partial charge is 0.180 e. The number of anilines is 2. The normalized spacial score (nSPS) is 11.3. The molecule has 0 fully saturated rings. The van der Waals surface area contributed by atoms with Crippen molar-refractivity contribution in [3.63, 3.8) is 0 Å². The van der Waals surface area contributed by atoms with E-state index >= 15 is 0 Å². The molecule has 0 saturated heterocycles. The number of nitrogens with one attached hydrogen (secondary N) is 2. The van der Waals surface area contributed by atoms with Crippen molar-refractivity contribution in [2.24, 2.45) is 5.14 Å². The number of aromatic nitrogens is 4. The number of fused-ring (bicyclic) bond motifs is 1. The van der Waals surface area contributed by atoms with Crippen LogP contribution in [0.5, 0.6) is 5.75 Å². The van der Waals surface area contributed by atoms with Crippen molar-refractivity contribution in [3.05, 3.63) is 76.7 Å². The number of hydrogen-bond donors (Lipinski definition) is 3. The molecule has 3 heterocycles. The van der Waals surface area contributed by atoms with Gasteiger partial charge in [-0.2, -0.15) is 0 Å². The number of benzene rings is 2. The molecule has 0 radical (unpaired) electrons. The highest BCUT2D eigenvalue weighted by Crippen LogP contribution is 2.35. The standard InChI is InChI=1S/C27H27BrN6O2S/c1-16-13-22(17(2)34(16)19-5-4-6-21(14-19)37-29)26-32-25-24(23(28)15-30-27(25)33-26)31-18-7-9-20(10-8-18)36-12-11-35-3/h4-10,13-15H,11-12,29H2,1-3H3,(H2,30,31,32,33). The van der Waals surface area contributed by atoms with E-state index in [0.29, 0.717) is 18.9 Å². The summed E-state index contributed by atoms with van der Waals surface area (Å²) in [7, 11) is 1.66. The van der Waals surface area contributed by atoms with Gasteiger partial charge < -0.3 is 24.3 Å². The van der Waals surface area contributed by atoms with Crippen molar-refractivity contribution in [2.75, 3.05) is 25.6 Å². The van der Waals surface area contributed by atoms with Gasteiger partial charge in [-0.15, -0.1) is 0 Å². The zero-order valence-corrected chi connectivity index (χ0v) is 23.1. The molecular weight excluding hydrogens is 552 g/mol. The third-order valence-corrected chi connectivity index (χ3v) is 7.18. The molecule has 0 atom stereocenters. The van der Waals surface area contributed by atoms with Crippen LogP contribution in [-0.4, -0.2) is 39.8 Å². The number of methoxy groups -OCH3 is 1. The van der Waals surface area contributed by atoms with Crippen LogP contribution in [0.4, 0.5) is 11.4 Å². The Bertz CT molecular complexity index is 1550. The number of nitrogens with two attached hydrogens (primary N) is 1. The summed E-state index contributed by atoms with van der Waals surface area (Å²) in [4.78, 5) is 13.9. The number of H-pyrrole nitrogens is 1. The quantitative estimate of drug-likeness (QED) is 0.135. The fraction of sp³-hybridized carbons (Fsp3) is 0.185. The minimum atomic E-state index is 0.509. The van der Waals surface area contributed by atoms with Crippen molar-refractivity contribution < 1.29 is 9.47 Å². The minimum absolute atomic E-state index is 0.509. The van der Waals surface area contributed by atoms with Crippen molar-refractivity contribution in [1.29, 1.82) is 0 Å². The van der Waals surface area contributed by atoms with Gasteiger partial charge in [-0.05, 0) is 90.3 Å². The summed E-state index contributed by atoms with van der Waals surface area (Å²) in [5, 5.41) is 9.28. The summed E-state index contributed by atoms with van der Waals surface area (Å²) in [6.07, 6.45) is 1.76. The van der Waals surface area contributed by atoms with Gasteiger partial charge in [0.15, 0.2) is 5.65 Å². The predicted octanol–water partition coefficient (Wildman–Crippen LogP) is 6.53. The van der Waals surface area contributed by atoms with Gasteiger partial charge >= 0.3 is 0 Å². The Morgan fingerprint density at radius 2 is 1.92 bits per heavy atom. The molecule has 5 aromatic rings. The lowest BCUT2D eigenvalue weighted by atomic mass is 10.2. The van der Waals surface area contributed by atoms with Crippen LogP contribution in [0.15, 0.2) is 70.2 Å². The molecule has 0 amide bonds. The Morgan fingerprint density at radius 1 is 1.11 bits per heavy atom. The number of nitrogens with zero attached hydrogens (tertiary/aromatic N) is 3. The Labute approximate surface area is 227 Å². The number of aromatic amines is 1. The number of rotatable bonds is 9. The summed E-state index contributed by atoms with van der Waals surface area (Å²) in [6, 6.07) is 18.1. The zero-order valence-electron chi connectivity index (χ0n) is 20.7. The number of imidazole rings is 1. The highest BCUT2D eigenvalue weighted by Gasteiger charge is 2.18. The molecule has 190 valence electrons. The summed E-state index contributed by atoms with van der Waals surface area (Å²) in [6.45, 7) is 5.24. The average Bonchev–Trinajstić information content (AvgIpc) is 3.47. The summed E-state index contributed by atoms with van der Waals surface area (Å²) in [5.41, 5.74) is 7.48. The lowest BCUT2D eigenvalue weighted by Crippen LogP contribution is -2.04. The molecule has 0 aliphatic heterocycles. The van der Waals surface area contributed by atoms with E-state index in [1.165, 1.54) is 11.9 Å². The second-order valence-electron chi connectivity index (χ2n) is 8.49. The van der Waals surface area contributed by atoms with Gasteiger partial charge in [0.1, 0.15) is 23.7 Å². The molecule has 37 heavy (non-hydrogen) atoms. The Morgan fingerprint density at radius 3 is 2.68 bits per heavy atom. The number of pyridine rings is 1. The second-order valence-corrected chi connectivity index (χ2v) is 10.1. The molecule has 0 aliphatic rings. The molecule has 3 aromatic heterocycles. The van der Waals surface area contributed by atoms with E-state index in [1.807, 2.05) is 36.4 Å². The van der Waals surface area contributed by atoms with Crippen LogP contribution in [0.1, 0.15) is 11.4 Å². The van der Waals surface area contributed by atoms with Crippen LogP contribution in [0.25, 0.3) is 28.2 Å². The van der Waals surface area contributed by atoms with Crippen molar-refractivity contribution >= 4 is 50.4 Å². The molecule has 5 rings (SSSR count). The van der Waals surface area contributed by atoms with Gasteiger partial charge in [-0.3, -0.25) is 5.14 Å². The van der Waals surface area contributed by atoms with Gasteiger partial charge in [0.05, 0.1) is 16.8 Å². The molecular formula is C27H27BrN6O2S. The maximum absolute atomic E-state index is 5.79. The first-order valence-electron chi connectivity index (χ1n) is 11.7. The summed E-state index contributed by atoms with van der Waals surface area (Å²) in [5.74, 6) is 1.55. The van der Waals surface area contributed by atoms with Gasteiger partial charge in [-0.1, -0.05) is 6.07 Å². The van der Waals surface area contributed by atoms with Gasteiger partial charge in [0, 0.05) is 46.5 Å². The minimum Gasteiger partial charge on any atom is -0.491 e. The molecule has 0 aliphatic carbocycles. The molecule has 10 heteroatoms. The van der Waals surface area contributed by atoms with E-state index in [-0.39, 0.29) is 0 Å². The molecule has 0 spiro atoms. The van der Waals surface area contributed by atoms with Gasteiger partial charge in [0.2, 0.25) is 0 Å². The van der Waals surface area contributed by atoms with E-state index in [9.17, 15) is 0 Å². The number of aryl methyl sites for hydroxylation is 1. The van der Waals surface area contributed by atoms with Crippen molar-refractivity contribution in [1.82, 2.24) is 19.5 Å². The monoisotopic (exact) mass is 578 g/mol. The Hall–Kier alpha value is -3.31. The molecule has 2 aromatic carbocycles. The van der Waals surface area contributed by atoms with Crippen LogP contribution < -0.4 is 15.2 Å². The maximum Gasteiger partial charge on any atom is 0.180 e. The van der Waals surface area contributed by atoms with Crippen LogP contribution in [-0.2, 0) is 4.74 Å². The van der Waals surface area contributed by atoms with E-state index in [1.54, 1.807) is 13.3 Å². The fourth-order valence-electron chi connectivity index (χ4n) is 4.30. The zero-order chi connectivity index (χ0) is 25.9. The third-order valence-electron chi connectivity index (χ3n) is 6.05. The molecule has 0 saturated carbocycles. The number of ether oxygens (including phenoxy) is 2. The van der Waals surface area contributed by atoms with Crippen molar-refractivity contribution in [2.45, 2.75) is 18.7 Å². The lowest BCUT2D eigenvalue weighted by molar-refractivity contribution is 0.146.